The number of rotatable bonds is 5. The Bertz CT molecular complexity index is 997. The van der Waals surface area contributed by atoms with Gasteiger partial charge in [-0.2, -0.15) is 0 Å². The van der Waals surface area contributed by atoms with E-state index in [9.17, 15) is 9.59 Å². The molecule has 1 aromatic carbocycles. The van der Waals surface area contributed by atoms with Crippen LogP contribution in [0.1, 0.15) is 28.2 Å². The lowest BCUT2D eigenvalue weighted by atomic mass is 10.1. The molecule has 0 bridgehead atoms. The van der Waals surface area contributed by atoms with E-state index in [1.807, 2.05) is 18.2 Å². The molecule has 2 aromatic heterocycles. The van der Waals surface area contributed by atoms with Crippen LogP contribution in [0.4, 0.5) is 0 Å². The van der Waals surface area contributed by atoms with Gasteiger partial charge in [0.1, 0.15) is 29.7 Å². The van der Waals surface area contributed by atoms with Gasteiger partial charge in [0, 0.05) is 18.1 Å². The zero-order chi connectivity index (χ0) is 18.8. The summed E-state index contributed by atoms with van der Waals surface area (Å²) in [6.45, 7) is 2.63. The molecular weight excluding hydrogens is 346 g/mol. The van der Waals surface area contributed by atoms with Crippen molar-refractivity contribution in [1.82, 2.24) is 15.6 Å². The van der Waals surface area contributed by atoms with Crippen molar-refractivity contribution in [2.45, 2.75) is 26.0 Å². The average molecular weight is 365 g/mol. The third-order valence-corrected chi connectivity index (χ3v) is 4.53. The largest absolute Gasteiger partial charge is 0.487 e. The zero-order valence-corrected chi connectivity index (χ0v) is 14.8. The fourth-order valence-electron chi connectivity index (χ4n) is 3.17. The molecular formula is C20H19N3O4. The second kappa shape index (κ2) is 7.11. The number of furan rings is 1. The number of nitrogens with one attached hydrogen (secondary N) is 2. The minimum absolute atomic E-state index is 0.159. The molecule has 1 aliphatic heterocycles. The van der Waals surface area contributed by atoms with Crippen molar-refractivity contribution >= 4 is 22.8 Å². The minimum atomic E-state index is -0.509. The summed E-state index contributed by atoms with van der Waals surface area (Å²) in [6, 6.07) is 10.5. The van der Waals surface area contributed by atoms with E-state index in [1.165, 1.54) is 0 Å². The summed E-state index contributed by atoms with van der Waals surface area (Å²) in [7, 11) is 0. The van der Waals surface area contributed by atoms with E-state index in [-0.39, 0.29) is 11.8 Å². The molecule has 1 fully saturated rings. The summed E-state index contributed by atoms with van der Waals surface area (Å²) < 4.78 is 11.5. The smallest absolute Gasteiger partial charge is 0.256 e. The maximum absolute atomic E-state index is 12.7. The summed E-state index contributed by atoms with van der Waals surface area (Å²) >= 11 is 0. The molecule has 2 amide bonds. The Morgan fingerprint density at radius 1 is 1.37 bits per heavy atom. The normalized spacial score (nSPS) is 16.3. The standard InChI is InChI=1S/C20H19N3O4/c1-12-18(20(25)23-16-7-9-22-19(16)24)15-10-14(5-6-17(15)27-12)26-11-13-4-2-3-8-21-13/h2-6,8,10,16H,7,9,11H2,1H3,(H,22,24)(H,23,25). The monoisotopic (exact) mass is 365 g/mol. The van der Waals surface area contributed by atoms with E-state index in [4.69, 9.17) is 9.15 Å². The molecule has 1 atom stereocenters. The topological polar surface area (TPSA) is 93.5 Å². The SMILES string of the molecule is Cc1oc2ccc(OCc3ccccn3)cc2c1C(=O)NC1CCNC1=O. The Morgan fingerprint density at radius 2 is 2.26 bits per heavy atom. The second-order valence-electron chi connectivity index (χ2n) is 6.41. The third kappa shape index (κ3) is 3.48. The Hall–Kier alpha value is -3.35. The van der Waals surface area contributed by atoms with Gasteiger partial charge >= 0.3 is 0 Å². The van der Waals surface area contributed by atoms with Crippen molar-refractivity contribution in [1.29, 1.82) is 0 Å². The van der Waals surface area contributed by atoms with Crippen molar-refractivity contribution in [3.05, 3.63) is 59.6 Å². The third-order valence-electron chi connectivity index (χ3n) is 4.53. The zero-order valence-electron chi connectivity index (χ0n) is 14.8. The van der Waals surface area contributed by atoms with Gasteiger partial charge in [0.05, 0.1) is 11.3 Å². The van der Waals surface area contributed by atoms with Crippen molar-refractivity contribution < 1.29 is 18.7 Å². The molecule has 1 saturated heterocycles. The first-order valence-corrected chi connectivity index (χ1v) is 8.76. The van der Waals surface area contributed by atoms with Gasteiger partial charge in [-0.05, 0) is 43.7 Å². The van der Waals surface area contributed by atoms with Crippen LogP contribution in [0.15, 0.2) is 47.0 Å². The number of pyridine rings is 1. The number of benzene rings is 1. The first-order valence-electron chi connectivity index (χ1n) is 8.76. The van der Waals surface area contributed by atoms with Crippen LogP contribution < -0.4 is 15.4 Å². The highest BCUT2D eigenvalue weighted by molar-refractivity contribution is 6.08. The summed E-state index contributed by atoms with van der Waals surface area (Å²) in [4.78, 5) is 28.7. The van der Waals surface area contributed by atoms with Crippen LogP contribution in [0, 0.1) is 6.92 Å². The fraction of sp³-hybridized carbons (Fsp3) is 0.250. The van der Waals surface area contributed by atoms with Gasteiger partial charge < -0.3 is 19.8 Å². The molecule has 0 spiro atoms. The lowest BCUT2D eigenvalue weighted by Crippen LogP contribution is -2.40. The Morgan fingerprint density at radius 3 is 3.00 bits per heavy atom. The molecule has 138 valence electrons. The van der Waals surface area contributed by atoms with Gasteiger partial charge in [-0.1, -0.05) is 6.07 Å². The molecule has 2 N–H and O–H groups in total. The lowest BCUT2D eigenvalue weighted by Gasteiger charge is -2.10. The molecule has 7 nitrogen and oxygen atoms in total. The number of carbonyl (C=O) groups excluding carboxylic acids is 2. The summed E-state index contributed by atoms with van der Waals surface area (Å²) in [5, 5.41) is 6.14. The quantitative estimate of drug-likeness (QED) is 0.724. The molecule has 1 unspecified atom stereocenters. The van der Waals surface area contributed by atoms with Gasteiger partial charge in [0.15, 0.2) is 0 Å². The number of nitrogens with zero attached hydrogens (tertiary/aromatic N) is 1. The highest BCUT2D eigenvalue weighted by Crippen LogP contribution is 2.29. The van der Waals surface area contributed by atoms with Crippen molar-refractivity contribution in [2.75, 3.05) is 6.54 Å². The number of amides is 2. The van der Waals surface area contributed by atoms with Gasteiger partial charge in [-0.3, -0.25) is 14.6 Å². The van der Waals surface area contributed by atoms with Crippen LogP contribution in [0.5, 0.6) is 5.75 Å². The molecule has 0 aliphatic carbocycles. The highest BCUT2D eigenvalue weighted by Gasteiger charge is 2.28. The van der Waals surface area contributed by atoms with Crippen LogP contribution in [-0.4, -0.2) is 29.4 Å². The molecule has 27 heavy (non-hydrogen) atoms. The van der Waals surface area contributed by atoms with E-state index < -0.39 is 6.04 Å². The lowest BCUT2D eigenvalue weighted by molar-refractivity contribution is -0.120. The number of hydrogen-bond donors (Lipinski definition) is 2. The first kappa shape index (κ1) is 17.1. The van der Waals surface area contributed by atoms with E-state index in [1.54, 1.807) is 31.3 Å². The molecule has 3 heterocycles. The molecule has 0 saturated carbocycles. The van der Waals surface area contributed by atoms with Crippen molar-refractivity contribution in [3.63, 3.8) is 0 Å². The van der Waals surface area contributed by atoms with Crippen LogP contribution in [0.25, 0.3) is 11.0 Å². The molecule has 0 radical (unpaired) electrons. The number of aryl methyl sites for hydroxylation is 1. The average Bonchev–Trinajstić information content (AvgIpc) is 3.22. The summed E-state index contributed by atoms with van der Waals surface area (Å²) in [6.07, 6.45) is 2.29. The molecule has 4 rings (SSSR count). The molecule has 1 aliphatic rings. The number of fused-ring (bicyclic) bond motifs is 1. The van der Waals surface area contributed by atoms with Crippen LogP contribution in [0.2, 0.25) is 0 Å². The number of ether oxygens (including phenoxy) is 1. The number of hydrogen-bond acceptors (Lipinski definition) is 5. The van der Waals surface area contributed by atoms with Crippen LogP contribution in [-0.2, 0) is 11.4 Å². The predicted octanol–water partition coefficient (Wildman–Crippen LogP) is 2.33. The maximum Gasteiger partial charge on any atom is 0.256 e. The highest BCUT2D eigenvalue weighted by atomic mass is 16.5. The van der Waals surface area contributed by atoms with Crippen LogP contribution >= 0.6 is 0 Å². The van der Waals surface area contributed by atoms with Crippen molar-refractivity contribution in [3.8, 4) is 5.75 Å². The van der Waals surface area contributed by atoms with Crippen molar-refractivity contribution in [2.24, 2.45) is 0 Å². The van der Waals surface area contributed by atoms with Gasteiger partial charge in [-0.15, -0.1) is 0 Å². The van der Waals surface area contributed by atoms with E-state index >= 15 is 0 Å². The number of aromatic nitrogens is 1. The minimum Gasteiger partial charge on any atom is -0.487 e. The van der Waals surface area contributed by atoms with Gasteiger partial charge in [-0.25, -0.2) is 0 Å². The Labute approximate surface area is 155 Å². The van der Waals surface area contributed by atoms with Gasteiger partial charge in [0.25, 0.3) is 5.91 Å². The second-order valence-corrected chi connectivity index (χ2v) is 6.41. The van der Waals surface area contributed by atoms with Crippen LogP contribution in [0.3, 0.4) is 0 Å². The number of carbonyl (C=O) groups is 2. The molecule has 3 aromatic rings. The predicted molar refractivity (Wildman–Crippen MR) is 98.4 cm³/mol. The Balaban J connectivity index is 1.57. The molecule has 7 heteroatoms. The fourth-order valence-corrected chi connectivity index (χ4v) is 3.17. The van der Waals surface area contributed by atoms with E-state index in [0.717, 1.165) is 5.69 Å². The van der Waals surface area contributed by atoms with E-state index in [2.05, 4.69) is 15.6 Å². The maximum atomic E-state index is 12.7. The van der Waals surface area contributed by atoms with E-state index in [0.29, 0.717) is 47.6 Å². The Kier molecular flexibility index (Phi) is 4.50. The summed E-state index contributed by atoms with van der Waals surface area (Å²) in [5.74, 6) is 0.632. The van der Waals surface area contributed by atoms with Gasteiger partial charge in [0.2, 0.25) is 5.91 Å². The first-order chi connectivity index (χ1) is 13.1. The summed E-state index contributed by atoms with van der Waals surface area (Å²) in [5.41, 5.74) is 1.83.